The van der Waals surface area contributed by atoms with Crippen LogP contribution in [0, 0.1) is 10.1 Å². The van der Waals surface area contributed by atoms with E-state index in [1.165, 1.54) is 18.2 Å². The minimum atomic E-state index is -0.561. The Bertz CT molecular complexity index is 475. The van der Waals surface area contributed by atoms with Gasteiger partial charge in [0.15, 0.2) is 6.29 Å². The van der Waals surface area contributed by atoms with Crippen molar-refractivity contribution in [1.82, 2.24) is 5.32 Å². The second-order valence-electron chi connectivity index (χ2n) is 3.95. The summed E-state index contributed by atoms with van der Waals surface area (Å²) in [6.07, 6.45) is -0.545. The molecule has 2 amide bonds. The summed E-state index contributed by atoms with van der Waals surface area (Å²) in [5.41, 5.74) is -0.0387. The summed E-state index contributed by atoms with van der Waals surface area (Å²) >= 11 is 0. The van der Waals surface area contributed by atoms with Gasteiger partial charge in [0.2, 0.25) is 0 Å². The molecule has 0 bridgehead atoms. The summed E-state index contributed by atoms with van der Waals surface area (Å²) < 4.78 is 10.5. The Morgan fingerprint density at radius 2 is 1.90 bits per heavy atom. The molecule has 0 aliphatic carbocycles. The van der Waals surface area contributed by atoms with Gasteiger partial charge in [-0.3, -0.25) is 10.1 Å². The maximum atomic E-state index is 11.7. The standard InChI is InChI=1S/C13H19N3O5/c1-3-20-12(21-4-2)9-14-13(17)15-10-7-5-6-8-11(10)16(18)19/h5-8,12H,3-4,9H2,1-2H3,(H2,14,15,17). The van der Waals surface area contributed by atoms with Crippen LogP contribution < -0.4 is 10.6 Å². The summed E-state index contributed by atoms with van der Waals surface area (Å²) in [5.74, 6) is 0. The van der Waals surface area contributed by atoms with Gasteiger partial charge in [-0.25, -0.2) is 4.79 Å². The molecule has 0 unspecified atom stereocenters. The molecule has 116 valence electrons. The number of nitro groups is 1. The van der Waals surface area contributed by atoms with Gasteiger partial charge in [0.1, 0.15) is 5.69 Å². The number of rotatable bonds is 8. The van der Waals surface area contributed by atoms with Crippen LogP contribution in [0.25, 0.3) is 0 Å². The molecule has 0 saturated carbocycles. The number of benzene rings is 1. The maximum Gasteiger partial charge on any atom is 0.319 e. The summed E-state index contributed by atoms with van der Waals surface area (Å²) in [7, 11) is 0. The highest BCUT2D eigenvalue weighted by atomic mass is 16.7. The van der Waals surface area contributed by atoms with Gasteiger partial charge in [0.05, 0.1) is 11.5 Å². The quantitative estimate of drug-likeness (QED) is 0.434. The smallest absolute Gasteiger partial charge is 0.319 e. The average Bonchev–Trinajstić information content (AvgIpc) is 2.45. The highest BCUT2D eigenvalue weighted by Gasteiger charge is 2.15. The highest BCUT2D eigenvalue weighted by molar-refractivity contribution is 5.91. The Balaban J connectivity index is 2.55. The van der Waals surface area contributed by atoms with Gasteiger partial charge in [-0.2, -0.15) is 0 Å². The molecule has 0 heterocycles. The van der Waals surface area contributed by atoms with Crippen molar-refractivity contribution in [2.75, 3.05) is 25.1 Å². The number of anilines is 1. The molecule has 1 aromatic carbocycles. The second kappa shape index (κ2) is 8.88. The molecule has 0 atom stereocenters. The van der Waals surface area contributed by atoms with E-state index >= 15 is 0 Å². The van der Waals surface area contributed by atoms with E-state index in [1.54, 1.807) is 6.07 Å². The molecule has 0 saturated heterocycles. The molecule has 8 heteroatoms. The van der Waals surface area contributed by atoms with Crippen molar-refractivity contribution in [1.29, 1.82) is 0 Å². The van der Waals surface area contributed by atoms with Crippen LogP contribution in [0.4, 0.5) is 16.2 Å². The number of hydrogen-bond acceptors (Lipinski definition) is 5. The number of nitro benzene ring substituents is 1. The molecule has 21 heavy (non-hydrogen) atoms. The molecular weight excluding hydrogens is 278 g/mol. The van der Waals surface area contributed by atoms with E-state index in [0.29, 0.717) is 13.2 Å². The number of carbonyl (C=O) groups excluding carboxylic acids is 1. The number of amides is 2. The zero-order valence-corrected chi connectivity index (χ0v) is 12.0. The van der Waals surface area contributed by atoms with Gasteiger partial charge in [-0.05, 0) is 19.9 Å². The first-order valence-electron chi connectivity index (χ1n) is 6.59. The van der Waals surface area contributed by atoms with Gasteiger partial charge in [0, 0.05) is 19.3 Å². The van der Waals surface area contributed by atoms with Crippen LogP contribution >= 0.6 is 0 Å². The Hall–Kier alpha value is -2.19. The van der Waals surface area contributed by atoms with Gasteiger partial charge in [-0.15, -0.1) is 0 Å². The number of carbonyl (C=O) groups is 1. The molecule has 0 aromatic heterocycles. The summed E-state index contributed by atoms with van der Waals surface area (Å²) in [5, 5.41) is 15.8. The second-order valence-corrected chi connectivity index (χ2v) is 3.95. The molecule has 0 fully saturated rings. The largest absolute Gasteiger partial charge is 0.351 e. The fourth-order valence-electron chi connectivity index (χ4n) is 1.62. The molecule has 8 nitrogen and oxygen atoms in total. The molecular formula is C13H19N3O5. The van der Waals surface area contributed by atoms with Crippen LogP contribution in [0.2, 0.25) is 0 Å². The van der Waals surface area contributed by atoms with Gasteiger partial charge in [0.25, 0.3) is 5.69 Å². The van der Waals surface area contributed by atoms with E-state index in [9.17, 15) is 14.9 Å². The predicted molar refractivity (Wildman–Crippen MR) is 77.2 cm³/mol. The Kier molecular flexibility index (Phi) is 7.13. The lowest BCUT2D eigenvalue weighted by atomic mass is 10.3. The minimum Gasteiger partial charge on any atom is -0.351 e. The topological polar surface area (TPSA) is 103 Å². The number of hydrogen-bond donors (Lipinski definition) is 2. The molecule has 1 rings (SSSR count). The summed E-state index contributed by atoms with van der Waals surface area (Å²) in [4.78, 5) is 22.0. The van der Waals surface area contributed by atoms with E-state index in [1.807, 2.05) is 13.8 Å². The van der Waals surface area contributed by atoms with Crippen LogP contribution in [0.1, 0.15) is 13.8 Å². The molecule has 0 spiro atoms. The van der Waals surface area contributed by atoms with Crippen LogP contribution in [0.5, 0.6) is 0 Å². The summed E-state index contributed by atoms with van der Waals surface area (Å²) in [6, 6.07) is 5.35. The van der Waals surface area contributed by atoms with Crippen molar-refractivity contribution in [3.63, 3.8) is 0 Å². The highest BCUT2D eigenvalue weighted by Crippen LogP contribution is 2.22. The van der Waals surface area contributed by atoms with Gasteiger partial charge >= 0.3 is 6.03 Å². The molecule has 1 aromatic rings. The lowest BCUT2D eigenvalue weighted by Gasteiger charge is -2.17. The Labute approximate surface area is 122 Å². The minimum absolute atomic E-state index is 0.129. The van der Waals surface area contributed by atoms with E-state index < -0.39 is 17.2 Å². The van der Waals surface area contributed by atoms with Crippen LogP contribution in [0.15, 0.2) is 24.3 Å². The van der Waals surface area contributed by atoms with Crippen molar-refractivity contribution < 1.29 is 19.2 Å². The van der Waals surface area contributed by atoms with E-state index in [-0.39, 0.29) is 17.9 Å². The Morgan fingerprint density at radius 1 is 1.29 bits per heavy atom. The van der Waals surface area contributed by atoms with Crippen molar-refractivity contribution in [2.45, 2.75) is 20.1 Å². The monoisotopic (exact) mass is 297 g/mol. The lowest BCUT2D eigenvalue weighted by molar-refractivity contribution is -0.383. The normalized spacial score (nSPS) is 10.4. The van der Waals surface area contributed by atoms with Crippen molar-refractivity contribution in [3.8, 4) is 0 Å². The van der Waals surface area contributed by atoms with Crippen LogP contribution in [0.3, 0.4) is 0 Å². The van der Waals surface area contributed by atoms with E-state index in [2.05, 4.69) is 10.6 Å². The summed E-state index contributed by atoms with van der Waals surface area (Å²) in [6.45, 7) is 4.70. The van der Waals surface area contributed by atoms with Crippen LogP contribution in [-0.4, -0.2) is 37.0 Å². The zero-order chi connectivity index (χ0) is 15.7. The van der Waals surface area contributed by atoms with E-state index in [4.69, 9.17) is 9.47 Å². The predicted octanol–water partition coefficient (Wildman–Crippen LogP) is 2.12. The maximum absolute atomic E-state index is 11.7. The number of para-hydroxylation sites is 2. The molecule has 0 aliphatic rings. The first-order chi connectivity index (χ1) is 10.1. The SMILES string of the molecule is CCOC(CNC(=O)Nc1ccccc1[N+](=O)[O-])OCC. The zero-order valence-electron chi connectivity index (χ0n) is 12.0. The average molecular weight is 297 g/mol. The van der Waals surface area contributed by atoms with Crippen LogP contribution in [-0.2, 0) is 9.47 Å². The fourth-order valence-corrected chi connectivity index (χ4v) is 1.62. The van der Waals surface area contributed by atoms with Gasteiger partial charge < -0.3 is 20.1 Å². The van der Waals surface area contributed by atoms with E-state index in [0.717, 1.165) is 0 Å². The third-order valence-electron chi connectivity index (χ3n) is 2.48. The van der Waals surface area contributed by atoms with Crippen molar-refractivity contribution in [2.24, 2.45) is 0 Å². The number of ether oxygens (including phenoxy) is 2. The molecule has 2 N–H and O–H groups in total. The first-order valence-corrected chi connectivity index (χ1v) is 6.59. The Morgan fingerprint density at radius 3 is 2.48 bits per heavy atom. The third kappa shape index (κ3) is 5.76. The first kappa shape index (κ1) is 16.9. The lowest BCUT2D eigenvalue weighted by Crippen LogP contribution is -2.37. The molecule has 0 radical (unpaired) electrons. The fraction of sp³-hybridized carbons (Fsp3) is 0.462. The number of nitrogens with zero attached hydrogens (tertiary/aromatic N) is 1. The third-order valence-corrected chi connectivity index (χ3v) is 2.48. The molecule has 0 aliphatic heterocycles. The number of nitrogens with one attached hydrogen (secondary N) is 2. The van der Waals surface area contributed by atoms with Crippen molar-refractivity contribution >= 4 is 17.4 Å². The van der Waals surface area contributed by atoms with Crippen molar-refractivity contribution in [3.05, 3.63) is 34.4 Å². The van der Waals surface area contributed by atoms with Gasteiger partial charge in [-0.1, -0.05) is 12.1 Å². The number of urea groups is 1.